The molecule has 8 rings (SSSR count). The zero-order valence-electron chi connectivity index (χ0n) is 37.8. The van der Waals surface area contributed by atoms with Crippen LogP contribution in [0.1, 0.15) is 103 Å². The van der Waals surface area contributed by atoms with Crippen molar-refractivity contribution in [1.82, 2.24) is 40.6 Å². The predicted molar refractivity (Wildman–Crippen MR) is 253 cm³/mol. The summed E-state index contributed by atoms with van der Waals surface area (Å²) in [5.74, 6) is -0.167. The number of likely N-dealkylation sites (tertiary alicyclic amines) is 1. The Morgan fingerprint density at radius 3 is 2.34 bits per heavy atom. The van der Waals surface area contributed by atoms with E-state index >= 15 is 0 Å². The maximum absolute atomic E-state index is 14.3. The lowest BCUT2D eigenvalue weighted by atomic mass is 9.85. The van der Waals surface area contributed by atoms with E-state index in [9.17, 15) is 24.3 Å². The molecule has 3 aromatic heterocycles. The number of thiazole rings is 1. The number of amides is 4. The number of aliphatic imine (C=N–C) groups is 1. The van der Waals surface area contributed by atoms with Crippen molar-refractivity contribution >= 4 is 63.6 Å². The predicted octanol–water partition coefficient (Wildman–Crippen LogP) is 6.96. The van der Waals surface area contributed by atoms with Gasteiger partial charge in [0.1, 0.15) is 29.0 Å². The molecular formula is C48H56ClN9O5S2. The van der Waals surface area contributed by atoms with Gasteiger partial charge in [0.25, 0.3) is 0 Å². The van der Waals surface area contributed by atoms with E-state index in [4.69, 9.17) is 16.6 Å². The number of aryl methyl sites for hydroxylation is 3. The number of rotatable bonds is 12. The van der Waals surface area contributed by atoms with E-state index in [2.05, 4.69) is 45.0 Å². The fraction of sp³-hybridized carbons (Fsp3) is 0.458. The first kappa shape index (κ1) is 46.2. The van der Waals surface area contributed by atoms with Crippen molar-refractivity contribution < 1.29 is 24.3 Å². The van der Waals surface area contributed by atoms with Crippen LogP contribution >= 0.6 is 34.3 Å². The summed E-state index contributed by atoms with van der Waals surface area (Å²) in [6, 6.07) is 13.1. The maximum Gasteiger partial charge on any atom is 0.246 e. The van der Waals surface area contributed by atoms with Gasteiger partial charge in [0.2, 0.25) is 23.6 Å². The summed E-state index contributed by atoms with van der Waals surface area (Å²) in [5, 5.41) is 30.4. The van der Waals surface area contributed by atoms with Crippen molar-refractivity contribution in [3.05, 3.63) is 104 Å². The normalized spacial score (nSPS) is 21.0. The largest absolute Gasteiger partial charge is 0.391 e. The molecule has 5 heterocycles. The molecule has 2 fully saturated rings. The van der Waals surface area contributed by atoms with Crippen LogP contribution in [0.3, 0.4) is 0 Å². The minimum absolute atomic E-state index is 0.00571. The molecular weight excluding hydrogens is 882 g/mol. The standard InChI is InChI=1S/C48H56ClN9O5S2/c1-25-27(3)65-47-39(25)40(31-14-16-34(49)17-15-31)53-36(43-56-55-28(4)58(43)47)20-38(60)50-22-30-10-13-33(18-30)44(61)54-42(48(5,6)7)46(63)57-23-35(59)19-37(57)45(62)51-21-29-8-11-32(12-9-29)41-26(2)52-24-64-41/h8-9,11-12,14-17,24,30,33,35-37,42,59H,10,13,18-23H2,1-7H3,(H,50,60)(H,51,62)(H,54,61)/t30?,33?,35-,36+,37+,42-/m1/s1. The summed E-state index contributed by atoms with van der Waals surface area (Å²) in [4.78, 5) is 68.8. The molecule has 5 aromatic rings. The van der Waals surface area contributed by atoms with Crippen LogP contribution in [0.5, 0.6) is 0 Å². The second-order valence-electron chi connectivity index (χ2n) is 18.7. The third-order valence-electron chi connectivity index (χ3n) is 12.9. The number of aromatic nitrogens is 4. The average molecular weight is 939 g/mol. The summed E-state index contributed by atoms with van der Waals surface area (Å²) >= 11 is 9.50. The maximum atomic E-state index is 14.3. The fourth-order valence-corrected chi connectivity index (χ4v) is 11.3. The van der Waals surface area contributed by atoms with Crippen LogP contribution in [-0.2, 0) is 25.7 Å². The molecule has 0 spiro atoms. The van der Waals surface area contributed by atoms with Gasteiger partial charge in [0.05, 0.1) is 34.3 Å². The molecule has 4 N–H and O–H groups in total. The first-order chi connectivity index (χ1) is 31.0. The molecule has 1 aliphatic carbocycles. The number of fused-ring (bicyclic) bond motifs is 3. The highest BCUT2D eigenvalue weighted by Crippen LogP contribution is 2.40. The molecule has 1 saturated heterocycles. The molecule has 2 aromatic carbocycles. The Hall–Kier alpha value is -5.29. The SMILES string of the molecule is Cc1ncsc1-c1ccc(CNC(=O)[C@@H]2C[C@@H](O)CN2C(=O)[C@@H](NC(=O)C2CCC(CNC(=O)C[C@@H]3N=C(c4ccc(Cl)cc4)c4c(sc(C)c4C)-n4c(C)nnc43)C2)C(C)(C)C)cc1. The molecule has 2 aliphatic heterocycles. The third kappa shape index (κ3) is 9.81. The van der Waals surface area contributed by atoms with E-state index in [1.807, 2.05) is 93.2 Å². The third-order valence-corrected chi connectivity index (χ3v) is 15.4. The molecule has 3 aliphatic rings. The number of thiophene rings is 1. The molecule has 4 amide bonds. The quantitative estimate of drug-likeness (QED) is 0.104. The van der Waals surface area contributed by atoms with E-state index in [1.165, 1.54) is 4.90 Å². The zero-order chi connectivity index (χ0) is 46.3. The van der Waals surface area contributed by atoms with Gasteiger partial charge in [-0.3, -0.25) is 28.7 Å². The Bertz CT molecular complexity index is 2630. The number of nitrogens with one attached hydrogen (secondary N) is 3. The highest BCUT2D eigenvalue weighted by Gasteiger charge is 2.45. The molecule has 14 nitrogen and oxygen atoms in total. The van der Waals surface area contributed by atoms with Crippen LogP contribution in [0, 0.1) is 44.9 Å². The monoisotopic (exact) mass is 937 g/mol. The lowest BCUT2D eigenvalue weighted by Gasteiger charge is -2.36. The summed E-state index contributed by atoms with van der Waals surface area (Å²) in [6.45, 7) is 14.3. The average Bonchev–Trinajstić information content (AvgIpc) is 4.11. The molecule has 1 saturated carbocycles. The van der Waals surface area contributed by atoms with Gasteiger partial charge in [0, 0.05) is 53.0 Å². The first-order valence-corrected chi connectivity index (χ1v) is 24.2. The molecule has 6 atom stereocenters. The van der Waals surface area contributed by atoms with Crippen molar-refractivity contribution in [1.29, 1.82) is 0 Å². The van der Waals surface area contributed by atoms with Crippen LogP contribution in [0.4, 0.5) is 0 Å². The Morgan fingerprint density at radius 2 is 1.65 bits per heavy atom. The van der Waals surface area contributed by atoms with E-state index in [0.717, 1.165) is 60.4 Å². The topological polar surface area (TPSA) is 184 Å². The van der Waals surface area contributed by atoms with Gasteiger partial charge in [0.15, 0.2) is 5.82 Å². The van der Waals surface area contributed by atoms with Gasteiger partial charge in [-0.25, -0.2) is 4.98 Å². The Morgan fingerprint density at radius 1 is 0.923 bits per heavy atom. The summed E-state index contributed by atoms with van der Waals surface area (Å²) in [6.07, 6.45) is 1.17. The van der Waals surface area contributed by atoms with Gasteiger partial charge in [-0.15, -0.1) is 32.9 Å². The lowest BCUT2D eigenvalue weighted by molar-refractivity contribution is -0.144. The summed E-state index contributed by atoms with van der Waals surface area (Å²) < 4.78 is 2.02. The number of aliphatic hydroxyl groups is 1. The molecule has 0 radical (unpaired) electrons. The summed E-state index contributed by atoms with van der Waals surface area (Å²) in [5.41, 5.74) is 7.82. The minimum Gasteiger partial charge on any atom is -0.391 e. The highest BCUT2D eigenvalue weighted by molar-refractivity contribution is 7.15. The van der Waals surface area contributed by atoms with Crippen molar-refractivity contribution in [2.75, 3.05) is 13.1 Å². The van der Waals surface area contributed by atoms with Gasteiger partial charge in [-0.05, 0) is 87.1 Å². The van der Waals surface area contributed by atoms with Crippen LogP contribution in [0.25, 0.3) is 15.4 Å². The van der Waals surface area contributed by atoms with Gasteiger partial charge in [-0.1, -0.05) is 68.8 Å². The molecule has 65 heavy (non-hydrogen) atoms. The number of hydrogen-bond acceptors (Lipinski definition) is 11. The van der Waals surface area contributed by atoms with Crippen LogP contribution in [0.2, 0.25) is 5.02 Å². The Labute approximate surface area is 392 Å². The summed E-state index contributed by atoms with van der Waals surface area (Å²) in [7, 11) is 0. The van der Waals surface area contributed by atoms with Crippen LogP contribution < -0.4 is 16.0 Å². The zero-order valence-corrected chi connectivity index (χ0v) is 40.2. The second kappa shape index (κ2) is 18.9. The molecule has 342 valence electrons. The number of β-amino-alcohol motifs (C(OH)–C–C–N with tert-alkyl or cyclic N) is 1. The van der Waals surface area contributed by atoms with Crippen molar-refractivity contribution in [3.63, 3.8) is 0 Å². The van der Waals surface area contributed by atoms with E-state index in [-0.39, 0.29) is 55.5 Å². The number of benzene rings is 2. The van der Waals surface area contributed by atoms with Crippen LogP contribution in [-0.4, -0.2) is 90.4 Å². The smallest absolute Gasteiger partial charge is 0.246 e. The van der Waals surface area contributed by atoms with Gasteiger partial charge >= 0.3 is 0 Å². The number of nitrogens with zero attached hydrogens (tertiary/aromatic N) is 6. The number of hydrogen-bond donors (Lipinski definition) is 4. The lowest BCUT2D eigenvalue weighted by Crippen LogP contribution is -2.58. The molecule has 2 unspecified atom stereocenters. The number of carbonyl (C=O) groups excluding carboxylic acids is 4. The van der Waals surface area contributed by atoms with Crippen molar-refractivity contribution in [2.24, 2.45) is 22.2 Å². The first-order valence-electron chi connectivity index (χ1n) is 22.2. The number of carbonyl (C=O) groups is 4. The van der Waals surface area contributed by atoms with Gasteiger partial charge < -0.3 is 26.0 Å². The van der Waals surface area contributed by atoms with E-state index in [0.29, 0.717) is 36.1 Å². The number of aliphatic hydroxyl groups excluding tert-OH is 1. The number of halogens is 1. The van der Waals surface area contributed by atoms with Crippen molar-refractivity contribution in [2.45, 2.75) is 111 Å². The second-order valence-corrected chi connectivity index (χ2v) is 21.2. The molecule has 17 heteroatoms. The Balaban J connectivity index is 0.879. The molecule has 0 bridgehead atoms. The van der Waals surface area contributed by atoms with Gasteiger partial charge in [-0.2, -0.15) is 0 Å². The Kier molecular flexibility index (Phi) is 13.4. The van der Waals surface area contributed by atoms with Crippen molar-refractivity contribution in [3.8, 4) is 15.4 Å². The van der Waals surface area contributed by atoms with E-state index in [1.54, 1.807) is 22.7 Å². The van der Waals surface area contributed by atoms with E-state index < -0.39 is 35.6 Å². The minimum atomic E-state index is -0.932. The fourth-order valence-electron chi connectivity index (χ4n) is 9.18. The van der Waals surface area contributed by atoms with Crippen LogP contribution in [0.15, 0.2) is 59.0 Å². The highest BCUT2D eigenvalue weighted by atomic mass is 35.5.